The van der Waals surface area contributed by atoms with Crippen LogP contribution in [-0.2, 0) is 23.7 Å². The Labute approximate surface area is 119 Å². The van der Waals surface area contributed by atoms with E-state index < -0.39 is 36.0 Å². The van der Waals surface area contributed by atoms with E-state index in [0.29, 0.717) is 6.61 Å². The van der Waals surface area contributed by atoms with Crippen molar-refractivity contribution in [2.75, 3.05) is 13.7 Å². The summed E-state index contributed by atoms with van der Waals surface area (Å²) in [5.41, 5.74) is 0. The van der Waals surface area contributed by atoms with E-state index in [4.69, 9.17) is 23.7 Å². The monoisotopic (exact) mass is 288 g/mol. The minimum Gasteiger partial charge on any atom is -0.505 e. The van der Waals surface area contributed by atoms with Crippen LogP contribution in [0.4, 0.5) is 0 Å². The topological polar surface area (TPSA) is 66.4 Å². The second kappa shape index (κ2) is 5.61. The Bertz CT molecular complexity index is 365. The number of rotatable bonds is 4. The van der Waals surface area contributed by atoms with Crippen LogP contribution in [0.5, 0.6) is 0 Å². The molecule has 116 valence electrons. The van der Waals surface area contributed by atoms with Gasteiger partial charge in [-0.15, -0.1) is 0 Å². The average Bonchev–Trinajstić information content (AvgIpc) is 2.85. The molecule has 0 radical (unpaired) electrons. The van der Waals surface area contributed by atoms with E-state index in [-0.39, 0.29) is 0 Å². The molecule has 2 aliphatic heterocycles. The zero-order valence-electron chi connectivity index (χ0n) is 12.7. The first-order chi connectivity index (χ1) is 9.24. The van der Waals surface area contributed by atoms with Crippen LogP contribution in [0.1, 0.15) is 27.7 Å². The van der Waals surface area contributed by atoms with Gasteiger partial charge in [0.25, 0.3) is 0 Å². The maximum atomic E-state index is 10.5. The maximum absolute atomic E-state index is 10.5. The Morgan fingerprint density at radius 1 is 1.15 bits per heavy atom. The Balaban J connectivity index is 2.06. The molecule has 2 saturated heterocycles. The summed E-state index contributed by atoms with van der Waals surface area (Å²) in [6.07, 6.45) is 1.04. The number of aliphatic hydroxyl groups excluding tert-OH is 1. The fraction of sp³-hybridized carbons (Fsp3) is 0.857. The number of methoxy groups -OCH3 is 1. The Kier molecular flexibility index (Phi) is 4.41. The SMILES string of the molecule is CO/C=C\[C@@H]1OC(C)(C)O[C@@H]1[C@@H](O)C1COC(C)(C)O1. The third-order valence-electron chi connectivity index (χ3n) is 3.32. The van der Waals surface area contributed by atoms with Crippen LogP contribution in [0.2, 0.25) is 0 Å². The van der Waals surface area contributed by atoms with Crippen molar-refractivity contribution in [2.24, 2.45) is 0 Å². The normalized spacial score (nSPS) is 37.4. The summed E-state index contributed by atoms with van der Waals surface area (Å²) in [5, 5.41) is 10.5. The number of hydrogen-bond acceptors (Lipinski definition) is 6. The fourth-order valence-electron chi connectivity index (χ4n) is 2.48. The Hall–Kier alpha value is -0.660. The fourth-order valence-corrected chi connectivity index (χ4v) is 2.48. The van der Waals surface area contributed by atoms with Gasteiger partial charge in [-0.25, -0.2) is 0 Å². The highest BCUT2D eigenvalue weighted by Crippen LogP contribution is 2.34. The van der Waals surface area contributed by atoms with Crippen molar-refractivity contribution in [1.29, 1.82) is 0 Å². The van der Waals surface area contributed by atoms with Crippen LogP contribution in [0, 0.1) is 0 Å². The minimum atomic E-state index is -0.843. The molecule has 2 fully saturated rings. The van der Waals surface area contributed by atoms with Crippen LogP contribution in [0.15, 0.2) is 12.3 Å². The molecule has 2 aliphatic rings. The molecule has 0 aromatic heterocycles. The van der Waals surface area contributed by atoms with E-state index in [2.05, 4.69) is 0 Å². The molecule has 0 aromatic rings. The third-order valence-corrected chi connectivity index (χ3v) is 3.32. The van der Waals surface area contributed by atoms with Crippen molar-refractivity contribution >= 4 is 0 Å². The van der Waals surface area contributed by atoms with E-state index >= 15 is 0 Å². The van der Waals surface area contributed by atoms with Gasteiger partial charge in [0.2, 0.25) is 0 Å². The molecule has 1 N–H and O–H groups in total. The quantitative estimate of drug-likeness (QED) is 0.784. The summed E-state index contributed by atoms with van der Waals surface area (Å²) >= 11 is 0. The molecule has 1 unspecified atom stereocenters. The van der Waals surface area contributed by atoms with Crippen molar-refractivity contribution in [2.45, 2.75) is 63.7 Å². The van der Waals surface area contributed by atoms with Crippen molar-refractivity contribution in [3.8, 4) is 0 Å². The second-order valence-electron chi connectivity index (χ2n) is 5.99. The lowest BCUT2D eigenvalue weighted by atomic mass is 10.0. The summed E-state index contributed by atoms with van der Waals surface area (Å²) in [5.74, 6) is -1.44. The highest BCUT2D eigenvalue weighted by molar-refractivity contribution is 5.00. The predicted molar refractivity (Wildman–Crippen MR) is 70.9 cm³/mol. The van der Waals surface area contributed by atoms with Crippen LogP contribution in [0.25, 0.3) is 0 Å². The number of aliphatic hydroxyl groups is 1. The molecule has 0 bridgehead atoms. The van der Waals surface area contributed by atoms with Crippen molar-refractivity contribution < 1.29 is 28.8 Å². The number of ether oxygens (including phenoxy) is 5. The number of hydrogen-bond donors (Lipinski definition) is 1. The highest BCUT2D eigenvalue weighted by Gasteiger charge is 2.49. The summed E-state index contributed by atoms with van der Waals surface area (Å²) in [7, 11) is 1.55. The van der Waals surface area contributed by atoms with Gasteiger partial charge in [0.15, 0.2) is 11.6 Å². The van der Waals surface area contributed by atoms with Gasteiger partial charge in [0.1, 0.15) is 24.4 Å². The van der Waals surface area contributed by atoms with Gasteiger partial charge >= 0.3 is 0 Å². The minimum absolute atomic E-state index is 0.329. The molecule has 6 heteroatoms. The second-order valence-corrected chi connectivity index (χ2v) is 5.99. The molecule has 0 aromatic carbocycles. The van der Waals surface area contributed by atoms with Crippen LogP contribution in [-0.4, -0.2) is 54.8 Å². The molecule has 0 saturated carbocycles. The molecule has 6 nitrogen and oxygen atoms in total. The van der Waals surface area contributed by atoms with E-state index in [1.807, 2.05) is 27.7 Å². The van der Waals surface area contributed by atoms with Crippen LogP contribution >= 0.6 is 0 Å². The van der Waals surface area contributed by atoms with Crippen molar-refractivity contribution in [3.63, 3.8) is 0 Å². The van der Waals surface area contributed by atoms with E-state index in [0.717, 1.165) is 0 Å². The van der Waals surface area contributed by atoms with Gasteiger partial charge in [0, 0.05) is 0 Å². The van der Waals surface area contributed by atoms with Gasteiger partial charge in [-0.1, -0.05) is 0 Å². The standard InChI is InChI=1S/C14H24O6/c1-13(2)17-8-10(19-13)11(15)12-9(6-7-16-5)18-14(3,4)20-12/h6-7,9-12,15H,8H2,1-5H3/b7-6-/t9-,10?,11-,12-/m0/s1. The molecular weight excluding hydrogens is 264 g/mol. The smallest absolute Gasteiger partial charge is 0.164 e. The summed E-state index contributed by atoms with van der Waals surface area (Å²) in [6, 6.07) is 0. The highest BCUT2D eigenvalue weighted by atomic mass is 16.8. The Morgan fingerprint density at radius 2 is 1.85 bits per heavy atom. The van der Waals surface area contributed by atoms with E-state index in [1.54, 1.807) is 13.2 Å². The lowest BCUT2D eigenvalue weighted by Crippen LogP contribution is -2.44. The van der Waals surface area contributed by atoms with Gasteiger partial charge in [-0.05, 0) is 33.8 Å². The lowest BCUT2D eigenvalue weighted by molar-refractivity contribution is -0.178. The summed E-state index contributed by atoms with van der Waals surface area (Å²) < 4.78 is 27.6. The van der Waals surface area contributed by atoms with Gasteiger partial charge in [0.05, 0.1) is 20.0 Å². The summed E-state index contributed by atoms with van der Waals surface area (Å²) in [4.78, 5) is 0. The van der Waals surface area contributed by atoms with E-state index in [1.165, 1.54) is 6.26 Å². The molecule has 2 heterocycles. The summed E-state index contributed by atoms with van der Waals surface area (Å²) in [6.45, 7) is 7.58. The molecule has 0 amide bonds. The zero-order valence-corrected chi connectivity index (χ0v) is 12.7. The Morgan fingerprint density at radius 3 is 2.40 bits per heavy atom. The zero-order chi connectivity index (χ0) is 15.0. The maximum Gasteiger partial charge on any atom is 0.164 e. The predicted octanol–water partition coefficient (Wildman–Crippen LogP) is 1.18. The van der Waals surface area contributed by atoms with Crippen LogP contribution < -0.4 is 0 Å². The first-order valence-corrected chi connectivity index (χ1v) is 6.79. The molecule has 20 heavy (non-hydrogen) atoms. The largest absolute Gasteiger partial charge is 0.505 e. The van der Waals surface area contributed by atoms with Gasteiger partial charge in [-0.3, -0.25) is 0 Å². The first-order valence-electron chi connectivity index (χ1n) is 6.79. The molecular formula is C14H24O6. The molecule has 0 spiro atoms. The van der Waals surface area contributed by atoms with Crippen LogP contribution in [0.3, 0.4) is 0 Å². The van der Waals surface area contributed by atoms with Crippen molar-refractivity contribution in [3.05, 3.63) is 12.3 Å². The lowest BCUT2D eigenvalue weighted by Gasteiger charge is -2.26. The molecule has 0 aliphatic carbocycles. The van der Waals surface area contributed by atoms with E-state index in [9.17, 15) is 5.11 Å². The molecule has 2 rings (SSSR count). The first kappa shape index (κ1) is 15.7. The van der Waals surface area contributed by atoms with Gasteiger partial charge in [-0.2, -0.15) is 0 Å². The van der Waals surface area contributed by atoms with Crippen molar-refractivity contribution in [1.82, 2.24) is 0 Å². The van der Waals surface area contributed by atoms with Gasteiger partial charge < -0.3 is 28.8 Å². The molecule has 4 atom stereocenters. The third kappa shape index (κ3) is 3.51. The average molecular weight is 288 g/mol.